The monoisotopic (exact) mass is 341 g/mol. The number of benzene rings is 1. The molecule has 0 radical (unpaired) electrons. The summed E-state index contributed by atoms with van der Waals surface area (Å²) in [7, 11) is 1.62. The van der Waals surface area contributed by atoms with Crippen molar-refractivity contribution >= 4 is 33.6 Å². The molecule has 2 aromatic rings. The van der Waals surface area contributed by atoms with Gasteiger partial charge in [-0.15, -0.1) is 11.3 Å². The fraction of sp³-hybridized carbons (Fsp3) is 0.333. The number of anilines is 2. The van der Waals surface area contributed by atoms with Gasteiger partial charge in [0, 0.05) is 5.69 Å². The predicted octanol–water partition coefficient (Wildman–Crippen LogP) is 4.24. The van der Waals surface area contributed by atoms with Crippen molar-refractivity contribution in [3.8, 4) is 5.75 Å². The van der Waals surface area contributed by atoms with Crippen molar-refractivity contribution in [1.82, 2.24) is 0 Å². The number of hydrogen-bond acceptors (Lipinski definition) is 4. The predicted molar refractivity (Wildman–Crippen MR) is 97.3 cm³/mol. The highest BCUT2D eigenvalue weighted by molar-refractivity contribution is 7.17. The van der Waals surface area contributed by atoms with E-state index in [9.17, 15) is 4.79 Å². The van der Waals surface area contributed by atoms with Gasteiger partial charge in [0.05, 0.1) is 20.2 Å². The number of thiophene rings is 1. The zero-order valence-electron chi connectivity index (χ0n) is 13.5. The van der Waals surface area contributed by atoms with Gasteiger partial charge in [-0.1, -0.05) is 6.42 Å². The third-order valence-corrected chi connectivity index (χ3v) is 5.25. The minimum atomic E-state index is -0.144. The van der Waals surface area contributed by atoms with Crippen LogP contribution in [0.5, 0.6) is 5.75 Å². The number of amides is 1. The van der Waals surface area contributed by atoms with Crippen molar-refractivity contribution in [1.29, 1.82) is 0 Å². The lowest BCUT2D eigenvalue weighted by molar-refractivity contribution is -0.114. The SMILES string of the molecule is [C-]#[N+]c1c(NC(=O)CNc2ccc(OC)cc2)sc2c1CCCC2. The number of carbonyl (C=O) groups excluding carboxylic acids is 1. The first-order chi connectivity index (χ1) is 11.7. The fourth-order valence-electron chi connectivity index (χ4n) is 2.81. The quantitative estimate of drug-likeness (QED) is 0.800. The lowest BCUT2D eigenvalue weighted by atomic mass is 9.98. The first kappa shape index (κ1) is 16.3. The molecule has 6 heteroatoms. The summed E-state index contributed by atoms with van der Waals surface area (Å²) >= 11 is 1.55. The Morgan fingerprint density at radius 1 is 1.29 bits per heavy atom. The lowest BCUT2D eigenvalue weighted by Crippen LogP contribution is -2.21. The summed E-state index contributed by atoms with van der Waals surface area (Å²) in [6, 6.07) is 7.40. The maximum atomic E-state index is 12.2. The lowest BCUT2D eigenvalue weighted by Gasteiger charge is -2.10. The molecule has 1 aromatic carbocycles. The molecule has 1 aliphatic rings. The molecule has 0 fully saturated rings. The zero-order valence-corrected chi connectivity index (χ0v) is 14.3. The molecule has 1 aliphatic carbocycles. The normalized spacial score (nSPS) is 12.8. The summed E-state index contributed by atoms with van der Waals surface area (Å²) in [6.45, 7) is 7.57. The second-order valence-electron chi connectivity index (χ2n) is 5.63. The smallest absolute Gasteiger partial charge is 0.243 e. The minimum absolute atomic E-state index is 0.144. The number of methoxy groups -OCH3 is 1. The fourth-order valence-corrected chi connectivity index (χ4v) is 4.06. The molecule has 0 atom stereocenters. The van der Waals surface area contributed by atoms with Crippen molar-refractivity contribution < 1.29 is 9.53 Å². The number of carbonyl (C=O) groups is 1. The van der Waals surface area contributed by atoms with Crippen LogP contribution in [0.15, 0.2) is 24.3 Å². The Balaban J connectivity index is 1.62. The molecule has 2 N–H and O–H groups in total. The standard InChI is InChI=1S/C18H19N3O2S/c1-19-17-14-5-3-4-6-15(14)24-18(17)21-16(22)11-20-12-7-9-13(23-2)10-8-12/h7-10,20H,3-6,11H2,2H3,(H,21,22). The largest absolute Gasteiger partial charge is 0.497 e. The molecule has 1 amide bonds. The average Bonchev–Trinajstić information content (AvgIpc) is 2.97. The van der Waals surface area contributed by atoms with E-state index in [1.165, 1.54) is 4.88 Å². The van der Waals surface area contributed by atoms with Crippen LogP contribution in [0.1, 0.15) is 23.3 Å². The Morgan fingerprint density at radius 2 is 2.04 bits per heavy atom. The van der Waals surface area contributed by atoms with Crippen LogP contribution in [0.3, 0.4) is 0 Å². The molecule has 0 saturated heterocycles. The summed E-state index contributed by atoms with van der Waals surface area (Å²) < 4.78 is 5.11. The van der Waals surface area contributed by atoms with Gasteiger partial charge < -0.3 is 15.4 Å². The van der Waals surface area contributed by atoms with Crippen molar-refractivity contribution in [2.45, 2.75) is 25.7 Å². The number of nitrogens with zero attached hydrogens (tertiary/aromatic N) is 1. The summed E-state index contributed by atoms with van der Waals surface area (Å²) in [6.07, 6.45) is 4.25. The number of hydrogen-bond donors (Lipinski definition) is 2. The van der Waals surface area contributed by atoms with Crippen LogP contribution in [-0.2, 0) is 17.6 Å². The highest BCUT2D eigenvalue weighted by Gasteiger charge is 2.21. The van der Waals surface area contributed by atoms with Crippen LogP contribution in [0.25, 0.3) is 4.85 Å². The molecule has 0 bridgehead atoms. The van der Waals surface area contributed by atoms with E-state index in [-0.39, 0.29) is 12.5 Å². The van der Waals surface area contributed by atoms with E-state index in [4.69, 9.17) is 11.3 Å². The van der Waals surface area contributed by atoms with E-state index >= 15 is 0 Å². The van der Waals surface area contributed by atoms with E-state index in [1.54, 1.807) is 18.4 Å². The van der Waals surface area contributed by atoms with Gasteiger partial charge in [0.25, 0.3) is 0 Å². The topological polar surface area (TPSA) is 54.7 Å². The number of ether oxygens (including phenoxy) is 1. The van der Waals surface area contributed by atoms with Gasteiger partial charge in [-0.3, -0.25) is 4.79 Å². The van der Waals surface area contributed by atoms with Crippen molar-refractivity contribution in [3.63, 3.8) is 0 Å². The number of aryl methyl sites for hydroxylation is 1. The third kappa shape index (κ3) is 3.52. The van der Waals surface area contributed by atoms with Crippen LogP contribution < -0.4 is 15.4 Å². The van der Waals surface area contributed by atoms with E-state index in [0.29, 0.717) is 10.7 Å². The highest BCUT2D eigenvalue weighted by Crippen LogP contribution is 2.43. The Bertz CT molecular complexity index is 775. The van der Waals surface area contributed by atoms with E-state index in [0.717, 1.165) is 42.7 Å². The second-order valence-corrected chi connectivity index (χ2v) is 6.74. The van der Waals surface area contributed by atoms with Crippen LogP contribution in [0, 0.1) is 6.57 Å². The molecule has 0 saturated carbocycles. The minimum Gasteiger partial charge on any atom is -0.497 e. The van der Waals surface area contributed by atoms with E-state index in [2.05, 4.69) is 15.5 Å². The summed E-state index contributed by atoms with van der Waals surface area (Å²) in [5, 5.41) is 6.66. The molecule has 0 unspecified atom stereocenters. The van der Waals surface area contributed by atoms with E-state index < -0.39 is 0 Å². The van der Waals surface area contributed by atoms with Crippen molar-refractivity contribution in [2.75, 3.05) is 24.3 Å². The van der Waals surface area contributed by atoms with Crippen LogP contribution in [-0.4, -0.2) is 19.6 Å². The molecule has 1 aromatic heterocycles. The average molecular weight is 341 g/mol. The van der Waals surface area contributed by atoms with Gasteiger partial charge in [-0.2, -0.15) is 0 Å². The molecule has 0 spiro atoms. The number of nitrogens with one attached hydrogen (secondary N) is 2. The molecule has 1 heterocycles. The Labute approximate surface area is 145 Å². The maximum absolute atomic E-state index is 12.2. The highest BCUT2D eigenvalue weighted by atomic mass is 32.1. The van der Waals surface area contributed by atoms with Gasteiger partial charge in [0.2, 0.25) is 11.6 Å². The molecule has 24 heavy (non-hydrogen) atoms. The Hall–Kier alpha value is -2.52. The number of rotatable bonds is 5. The Morgan fingerprint density at radius 3 is 2.75 bits per heavy atom. The van der Waals surface area contributed by atoms with Crippen molar-refractivity contribution in [3.05, 3.63) is 46.1 Å². The number of fused-ring (bicyclic) bond motifs is 1. The summed E-state index contributed by atoms with van der Waals surface area (Å²) in [5.74, 6) is 0.630. The maximum Gasteiger partial charge on any atom is 0.243 e. The Kier molecular flexibility index (Phi) is 5.02. The third-order valence-electron chi connectivity index (χ3n) is 4.05. The molecule has 3 rings (SSSR count). The van der Waals surface area contributed by atoms with Crippen molar-refractivity contribution in [2.24, 2.45) is 0 Å². The summed E-state index contributed by atoms with van der Waals surface area (Å²) in [5.41, 5.74) is 2.62. The van der Waals surface area contributed by atoms with Crippen LogP contribution in [0.2, 0.25) is 0 Å². The first-order valence-corrected chi connectivity index (χ1v) is 8.72. The van der Waals surface area contributed by atoms with Gasteiger partial charge in [0.15, 0.2) is 0 Å². The summed E-state index contributed by atoms with van der Waals surface area (Å²) in [4.78, 5) is 17.1. The van der Waals surface area contributed by atoms with Gasteiger partial charge in [0.1, 0.15) is 10.8 Å². The van der Waals surface area contributed by atoms with Gasteiger partial charge in [-0.25, -0.2) is 4.85 Å². The first-order valence-electron chi connectivity index (χ1n) is 7.91. The zero-order chi connectivity index (χ0) is 16.9. The van der Waals surface area contributed by atoms with Gasteiger partial charge in [-0.05, 0) is 54.0 Å². The second kappa shape index (κ2) is 7.37. The molecular weight excluding hydrogens is 322 g/mol. The van der Waals surface area contributed by atoms with Gasteiger partial charge >= 0.3 is 0 Å². The molecule has 124 valence electrons. The van der Waals surface area contributed by atoms with Crippen LogP contribution >= 0.6 is 11.3 Å². The van der Waals surface area contributed by atoms with Crippen LogP contribution in [0.4, 0.5) is 16.4 Å². The molecule has 0 aliphatic heterocycles. The molecule has 5 nitrogen and oxygen atoms in total. The molecular formula is C18H19N3O2S. The van der Waals surface area contributed by atoms with E-state index in [1.807, 2.05) is 24.3 Å².